The van der Waals surface area contributed by atoms with E-state index < -0.39 is 0 Å². The van der Waals surface area contributed by atoms with Crippen molar-refractivity contribution in [3.05, 3.63) is 41.7 Å². The molecule has 2 amide bonds. The van der Waals surface area contributed by atoms with Gasteiger partial charge in [-0.3, -0.25) is 0 Å². The number of imidazole rings is 1. The molecule has 0 aliphatic carbocycles. The van der Waals surface area contributed by atoms with Crippen LogP contribution in [0.25, 0.3) is 11.0 Å². The third kappa shape index (κ3) is 3.85. The van der Waals surface area contributed by atoms with Crippen LogP contribution in [0.4, 0.5) is 4.79 Å². The summed E-state index contributed by atoms with van der Waals surface area (Å²) in [7, 11) is 0. The fraction of sp³-hybridized carbons (Fsp3) is 0.500. The van der Waals surface area contributed by atoms with Crippen molar-refractivity contribution in [3.63, 3.8) is 0 Å². The van der Waals surface area contributed by atoms with E-state index in [9.17, 15) is 4.79 Å². The molecule has 2 N–H and O–H groups in total. The van der Waals surface area contributed by atoms with Gasteiger partial charge < -0.3 is 19.8 Å². The maximum atomic E-state index is 12.6. The van der Waals surface area contributed by atoms with E-state index in [1.54, 1.807) is 6.33 Å². The van der Waals surface area contributed by atoms with Gasteiger partial charge in [-0.05, 0) is 44.4 Å². The van der Waals surface area contributed by atoms with Crippen LogP contribution >= 0.6 is 0 Å². The molecule has 1 aliphatic heterocycles. The second kappa shape index (κ2) is 8.00. The highest BCUT2D eigenvalue weighted by Gasteiger charge is 2.26. The number of urea groups is 1. The lowest BCUT2D eigenvalue weighted by Gasteiger charge is -2.31. The Balaban J connectivity index is 1.35. The van der Waals surface area contributed by atoms with E-state index in [1.165, 1.54) is 5.56 Å². The molecule has 4 rings (SSSR count). The van der Waals surface area contributed by atoms with Gasteiger partial charge in [-0.1, -0.05) is 6.07 Å². The van der Waals surface area contributed by atoms with E-state index in [4.69, 9.17) is 4.98 Å². The van der Waals surface area contributed by atoms with Crippen molar-refractivity contribution >= 4 is 17.1 Å². The molecule has 8 nitrogen and oxygen atoms in total. The second-order valence-corrected chi connectivity index (χ2v) is 7.44. The van der Waals surface area contributed by atoms with Crippen LogP contribution in [0.3, 0.4) is 0 Å². The van der Waals surface area contributed by atoms with Crippen molar-refractivity contribution in [1.29, 1.82) is 0 Å². The molecule has 0 saturated carbocycles. The molecule has 0 radical (unpaired) electrons. The Labute approximate surface area is 164 Å². The minimum absolute atomic E-state index is 0.0146. The Hall–Kier alpha value is -2.90. The Morgan fingerprint density at radius 1 is 1.39 bits per heavy atom. The number of likely N-dealkylation sites (tertiary alicyclic amines) is 1. The Morgan fingerprint density at radius 3 is 3.14 bits per heavy atom. The van der Waals surface area contributed by atoms with Crippen molar-refractivity contribution in [2.45, 2.75) is 45.6 Å². The monoisotopic (exact) mass is 381 g/mol. The number of fused-ring (bicyclic) bond motifs is 1. The van der Waals surface area contributed by atoms with Gasteiger partial charge in [0.2, 0.25) is 0 Å². The molecular weight excluding hydrogens is 354 g/mol. The molecule has 1 fully saturated rings. The third-order valence-corrected chi connectivity index (χ3v) is 5.41. The largest absolute Gasteiger partial charge is 0.342 e. The number of aryl methyl sites for hydroxylation is 2. The highest BCUT2D eigenvalue weighted by molar-refractivity contribution is 5.76. The number of amides is 2. The quantitative estimate of drug-likeness (QED) is 0.711. The number of benzene rings is 1. The van der Waals surface area contributed by atoms with Crippen molar-refractivity contribution in [3.8, 4) is 0 Å². The summed E-state index contributed by atoms with van der Waals surface area (Å²) < 4.78 is 1.99. The first-order valence-electron chi connectivity index (χ1n) is 9.99. The van der Waals surface area contributed by atoms with Crippen LogP contribution in [-0.2, 0) is 13.0 Å². The number of nitrogens with one attached hydrogen (secondary N) is 2. The summed E-state index contributed by atoms with van der Waals surface area (Å²) in [6.07, 6.45) is 4.43. The maximum absolute atomic E-state index is 12.6. The van der Waals surface area contributed by atoms with Crippen LogP contribution in [-0.4, -0.2) is 55.3 Å². The smallest absolute Gasteiger partial charge is 0.317 e. The minimum atomic E-state index is -0.0146. The van der Waals surface area contributed by atoms with Crippen LogP contribution in [0.2, 0.25) is 0 Å². The Bertz CT molecular complexity index is 961. The first kappa shape index (κ1) is 18.5. The van der Waals surface area contributed by atoms with Gasteiger partial charge in [-0.2, -0.15) is 0 Å². The number of H-pyrrole nitrogens is 1. The topological polar surface area (TPSA) is 91.7 Å². The molecule has 0 spiro atoms. The van der Waals surface area contributed by atoms with Crippen LogP contribution in [0.5, 0.6) is 0 Å². The van der Waals surface area contributed by atoms with Gasteiger partial charge in [0, 0.05) is 38.5 Å². The second-order valence-electron chi connectivity index (χ2n) is 7.44. The molecule has 3 aromatic rings. The molecule has 0 unspecified atom stereocenters. The van der Waals surface area contributed by atoms with Crippen molar-refractivity contribution in [2.75, 3.05) is 19.6 Å². The summed E-state index contributed by atoms with van der Waals surface area (Å²) in [5.41, 5.74) is 3.27. The molecule has 1 atom stereocenters. The average Bonchev–Trinajstić information content (AvgIpc) is 3.34. The Kier molecular flexibility index (Phi) is 5.27. The predicted molar refractivity (Wildman–Crippen MR) is 107 cm³/mol. The molecule has 2 aromatic heterocycles. The summed E-state index contributed by atoms with van der Waals surface area (Å²) >= 11 is 0. The third-order valence-electron chi connectivity index (χ3n) is 5.41. The van der Waals surface area contributed by atoms with E-state index in [1.807, 2.05) is 15.5 Å². The number of rotatable bonds is 5. The fourth-order valence-electron chi connectivity index (χ4n) is 3.85. The van der Waals surface area contributed by atoms with Gasteiger partial charge >= 0.3 is 6.03 Å². The van der Waals surface area contributed by atoms with E-state index in [0.717, 1.165) is 48.6 Å². The fourth-order valence-corrected chi connectivity index (χ4v) is 3.85. The van der Waals surface area contributed by atoms with Gasteiger partial charge in [0.1, 0.15) is 18.0 Å². The number of aromatic nitrogens is 5. The van der Waals surface area contributed by atoms with Gasteiger partial charge in [0.15, 0.2) is 0 Å². The zero-order chi connectivity index (χ0) is 19.5. The lowest BCUT2D eigenvalue weighted by atomic mass is 9.97. The number of nitrogens with zero attached hydrogens (tertiary/aromatic N) is 5. The molecule has 8 heteroatoms. The summed E-state index contributed by atoms with van der Waals surface area (Å²) in [5.74, 6) is 2.13. The molecule has 1 aliphatic rings. The SMILES string of the molecule is CCn1cnnc1CCNC(=O)N1CCC[C@H](c2nc3ccc(C)cc3[nH]2)C1. The van der Waals surface area contributed by atoms with Gasteiger partial charge in [0.25, 0.3) is 0 Å². The first-order chi connectivity index (χ1) is 13.6. The molecule has 0 bridgehead atoms. The number of hydrogen-bond acceptors (Lipinski definition) is 4. The number of carbonyl (C=O) groups is 1. The summed E-state index contributed by atoms with van der Waals surface area (Å²) in [4.78, 5) is 22.7. The molecule has 3 heterocycles. The van der Waals surface area contributed by atoms with Crippen LogP contribution in [0.15, 0.2) is 24.5 Å². The van der Waals surface area contributed by atoms with E-state index in [-0.39, 0.29) is 11.9 Å². The highest BCUT2D eigenvalue weighted by atomic mass is 16.2. The average molecular weight is 381 g/mol. The first-order valence-corrected chi connectivity index (χ1v) is 9.99. The lowest BCUT2D eigenvalue weighted by molar-refractivity contribution is 0.178. The Morgan fingerprint density at radius 2 is 2.29 bits per heavy atom. The van der Waals surface area contributed by atoms with Crippen molar-refractivity contribution in [2.24, 2.45) is 0 Å². The molecule has 1 saturated heterocycles. The summed E-state index contributed by atoms with van der Waals surface area (Å²) in [6, 6.07) is 6.23. The number of hydrogen-bond donors (Lipinski definition) is 2. The lowest BCUT2D eigenvalue weighted by Crippen LogP contribution is -2.45. The maximum Gasteiger partial charge on any atom is 0.317 e. The van der Waals surface area contributed by atoms with Crippen molar-refractivity contribution < 1.29 is 4.79 Å². The van der Waals surface area contributed by atoms with E-state index >= 15 is 0 Å². The summed E-state index contributed by atoms with van der Waals surface area (Å²) in [6.45, 7) is 7.00. The van der Waals surface area contributed by atoms with Crippen molar-refractivity contribution in [1.82, 2.24) is 34.9 Å². The summed E-state index contributed by atoms with van der Waals surface area (Å²) in [5, 5.41) is 11.1. The minimum Gasteiger partial charge on any atom is -0.342 e. The van der Waals surface area contributed by atoms with E-state index in [2.05, 4.69) is 46.5 Å². The highest BCUT2D eigenvalue weighted by Crippen LogP contribution is 2.27. The van der Waals surface area contributed by atoms with Gasteiger partial charge in [-0.15, -0.1) is 10.2 Å². The molecule has 28 heavy (non-hydrogen) atoms. The standard InChI is InChI=1S/C20H27N7O/c1-3-26-13-22-25-18(26)8-9-21-20(28)27-10-4-5-15(12-27)19-23-16-7-6-14(2)11-17(16)24-19/h6-7,11,13,15H,3-5,8-10,12H2,1-2H3,(H,21,28)(H,23,24)/t15-/m0/s1. The normalized spacial score (nSPS) is 17.2. The van der Waals surface area contributed by atoms with Crippen LogP contribution < -0.4 is 5.32 Å². The number of aromatic amines is 1. The number of piperidine rings is 1. The molecule has 148 valence electrons. The zero-order valence-electron chi connectivity index (χ0n) is 16.5. The predicted octanol–water partition coefficient (Wildman–Crippen LogP) is 2.61. The number of carbonyl (C=O) groups excluding carboxylic acids is 1. The van der Waals surface area contributed by atoms with Gasteiger partial charge in [-0.25, -0.2) is 9.78 Å². The van der Waals surface area contributed by atoms with Crippen LogP contribution in [0.1, 0.15) is 42.9 Å². The van der Waals surface area contributed by atoms with E-state index in [0.29, 0.717) is 19.5 Å². The molecular formula is C20H27N7O. The van der Waals surface area contributed by atoms with Crippen LogP contribution in [0, 0.1) is 6.92 Å². The van der Waals surface area contributed by atoms with Gasteiger partial charge in [0.05, 0.1) is 11.0 Å². The molecule has 1 aromatic carbocycles. The zero-order valence-corrected chi connectivity index (χ0v) is 16.5.